The first-order valence-corrected chi connectivity index (χ1v) is 12.1. The lowest BCUT2D eigenvalue weighted by molar-refractivity contribution is -0.139. The van der Waals surface area contributed by atoms with Crippen LogP contribution in [0.5, 0.6) is 0 Å². The van der Waals surface area contributed by atoms with E-state index in [9.17, 15) is 19.5 Å². The number of nitrogens with one attached hydrogen (secondary N) is 2. The fraction of sp³-hybridized carbons (Fsp3) is 0.444. The minimum absolute atomic E-state index is 0.0612. The van der Waals surface area contributed by atoms with Gasteiger partial charge in [-0.2, -0.15) is 0 Å². The fourth-order valence-corrected chi connectivity index (χ4v) is 5.38. The monoisotopic (exact) mass is 464 g/mol. The van der Waals surface area contributed by atoms with Gasteiger partial charge in [-0.25, -0.2) is 4.79 Å². The van der Waals surface area contributed by atoms with Gasteiger partial charge in [0.1, 0.15) is 12.6 Å². The predicted molar refractivity (Wildman–Crippen MR) is 128 cm³/mol. The Kier molecular flexibility index (Phi) is 7.20. The van der Waals surface area contributed by atoms with Crippen LogP contribution in [0.15, 0.2) is 48.5 Å². The molecule has 0 bridgehead atoms. The van der Waals surface area contributed by atoms with E-state index in [-0.39, 0.29) is 24.9 Å². The quantitative estimate of drug-likeness (QED) is 0.503. The molecule has 34 heavy (non-hydrogen) atoms. The molecule has 0 radical (unpaired) electrons. The molecule has 1 atom stereocenters. The van der Waals surface area contributed by atoms with Gasteiger partial charge in [0, 0.05) is 5.92 Å². The molecule has 0 unspecified atom stereocenters. The minimum atomic E-state index is -0.932. The van der Waals surface area contributed by atoms with Crippen LogP contribution in [0.3, 0.4) is 0 Å². The van der Waals surface area contributed by atoms with E-state index < -0.39 is 23.6 Å². The van der Waals surface area contributed by atoms with Crippen LogP contribution in [0.2, 0.25) is 0 Å². The zero-order valence-electron chi connectivity index (χ0n) is 19.5. The molecule has 3 N–H and O–H groups in total. The van der Waals surface area contributed by atoms with E-state index in [1.165, 1.54) is 0 Å². The second-order valence-electron chi connectivity index (χ2n) is 9.36. The number of fused-ring (bicyclic) bond motifs is 3. The molecule has 0 aromatic heterocycles. The first-order valence-electron chi connectivity index (χ1n) is 12.1. The lowest BCUT2D eigenvalue weighted by Crippen LogP contribution is -2.55. The Balaban J connectivity index is 1.40. The molecule has 4 rings (SSSR count). The lowest BCUT2D eigenvalue weighted by Gasteiger charge is -2.31. The standard InChI is InChI=1S/C27H32N2O5/c1-2-9-23(25(32)29-27(16-24(30)31)14-7-8-15-27)28-26(33)34-17-22-20-12-5-3-10-18(20)19-11-4-6-13-21(19)22/h3-6,10-13,22-23H,2,7-9,14-17H2,1H3,(H,28,33)(H,29,32)(H,30,31)/t23-/m1/s1. The summed E-state index contributed by atoms with van der Waals surface area (Å²) in [7, 11) is 0. The van der Waals surface area contributed by atoms with Crippen LogP contribution in [-0.4, -0.2) is 41.3 Å². The van der Waals surface area contributed by atoms with Crippen LogP contribution in [0.1, 0.15) is 68.9 Å². The Hall–Kier alpha value is -3.35. The third kappa shape index (κ3) is 5.08. The largest absolute Gasteiger partial charge is 0.481 e. The summed E-state index contributed by atoms with van der Waals surface area (Å²) >= 11 is 0. The maximum atomic E-state index is 13.0. The third-order valence-electron chi connectivity index (χ3n) is 6.97. The molecule has 2 aromatic rings. The summed E-state index contributed by atoms with van der Waals surface area (Å²) in [6.45, 7) is 2.10. The molecule has 2 amide bonds. The summed E-state index contributed by atoms with van der Waals surface area (Å²) in [5, 5.41) is 15.0. The molecular weight excluding hydrogens is 432 g/mol. The number of hydrogen-bond acceptors (Lipinski definition) is 4. The molecule has 7 nitrogen and oxygen atoms in total. The van der Waals surface area contributed by atoms with Crippen LogP contribution >= 0.6 is 0 Å². The van der Waals surface area contributed by atoms with Crippen molar-refractivity contribution < 1.29 is 24.2 Å². The second kappa shape index (κ2) is 10.3. The molecule has 180 valence electrons. The van der Waals surface area contributed by atoms with Gasteiger partial charge in [0.05, 0.1) is 12.0 Å². The summed E-state index contributed by atoms with van der Waals surface area (Å²) in [6, 6.07) is 15.5. The number of carboxylic acids is 1. The second-order valence-corrected chi connectivity index (χ2v) is 9.36. The van der Waals surface area contributed by atoms with E-state index in [4.69, 9.17) is 4.74 Å². The van der Waals surface area contributed by atoms with E-state index in [2.05, 4.69) is 34.9 Å². The van der Waals surface area contributed by atoms with Crippen molar-refractivity contribution in [2.75, 3.05) is 6.61 Å². The zero-order valence-corrected chi connectivity index (χ0v) is 19.5. The van der Waals surface area contributed by atoms with Gasteiger partial charge in [-0.3, -0.25) is 9.59 Å². The van der Waals surface area contributed by atoms with Crippen molar-refractivity contribution >= 4 is 18.0 Å². The van der Waals surface area contributed by atoms with Gasteiger partial charge >= 0.3 is 12.1 Å². The average Bonchev–Trinajstić information content (AvgIpc) is 3.39. The maximum Gasteiger partial charge on any atom is 0.407 e. The number of rotatable bonds is 9. The molecule has 7 heteroatoms. The summed E-state index contributed by atoms with van der Waals surface area (Å²) in [5.74, 6) is -1.34. The zero-order chi connectivity index (χ0) is 24.1. The third-order valence-corrected chi connectivity index (χ3v) is 6.97. The Labute approximate surface area is 199 Å². The molecule has 2 aromatic carbocycles. The number of benzene rings is 2. The van der Waals surface area contributed by atoms with Gasteiger partial charge in [-0.05, 0) is 41.5 Å². The Bertz CT molecular complexity index is 1010. The van der Waals surface area contributed by atoms with Crippen molar-refractivity contribution in [3.05, 3.63) is 59.7 Å². The van der Waals surface area contributed by atoms with E-state index in [0.29, 0.717) is 25.7 Å². The average molecular weight is 465 g/mol. The molecule has 0 heterocycles. The van der Waals surface area contributed by atoms with Gasteiger partial charge in [0.15, 0.2) is 0 Å². The first kappa shape index (κ1) is 23.8. The number of amides is 2. The minimum Gasteiger partial charge on any atom is -0.481 e. The molecule has 2 aliphatic carbocycles. The highest BCUT2D eigenvalue weighted by Crippen LogP contribution is 2.44. The SMILES string of the molecule is CCC[C@@H](NC(=O)OCC1c2ccccc2-c2ccccc21)C(=O)NC1(CC(=O)O)CCCC1. The predicted octanol–water partition coefficient (Wildman–Crippen LogP) is 4.60. The molecule has 0 spiro atoms. The molecule has 1 saturated carbocycles. The Morgan fingerprint density at radius 2 is 1.62 bits per heavy atom. The van der Waals surface area contributed by atoms with Crippen molar-refractivity contribution in [3.63, 3.8) is 0 Å². The van der Waals surface area contributed by atoms with Gasteiger partial charge in [-0.1, -0.05) is 74.7 Å². The number of ether oxygens (including phenoxy) is 1. The van der Waals surface area contributed by atoms with Crippen molar-refractivity contribution in [2.24, 2.45) is 0 Å². The smallest absolute Gasteiger partial charge is 0.407 e. The highest BCUT2D eigenvalue weighted by molar-refractivity contribution is 5.87. The van der Waals surface area contributed by atoms with Crippen LogP contribution in [0.25, 0.3) is 11.1 Å². The molecule has 0 saturated heterocycles. The number of carbonyl (C=O) groups excluding carboxylic acids is 2. The number of aliphatic carboxylic acids is 1. The number of carboxylic acid groups (broad SMARTS) is 1. The van der Waals surface area contributed by atoms with Crippen LogP contribution in [0, 0.1) is 0 Å². The molecule has 1 fully saturated rings. The van der Waals surface area contributed by atoms with Crippen LogP contribution in [-0.2, 0) is 14.3 Å². The molecular formula is C27H32N2O5. The summed E-state index contributed by atoms with van der Waals surface area (Å²) in [5.41, 5.74) is 3.80. The van der Waals surface area contributed by atoms with E-state index in [1.807, 2.05) is 31.2 Å². The highest BCUT2D eigenvalue weighted by atomic mass is 16.5. The van der Waals surface area contributed by atoms with Crippen molar-refractivity contribution in [2.45, 2.75) is 69.4 Å². The summed E-state index contributed by atoms with van der Waals surface area (Å²) in [4.78, 5) is 37.1. The van der Waals surface area contributed by atoms with E-state index in [0.717, 1.165) is 35.1 Å². The topological polar surface area (TPSA) is 105 Å². The summed E-state index contributed by atoms with van der Waals surface area (Å²) in [6.07, 6.45) is 3.41. The first-order chi connectivity index (χ1) is 16.4. The Morgan fingerprint density at radius 3 is 2.18 bits per heavy atom. The normalized spacial score (nSPS) is 16.9. The number of hydrogen-bond donors (Lipinski definition) is 3. The fourth-order valence-electron chi connectivity index (χ4n) is 5.38. The highest BCUT2D eigenvalue weighted by Gasteiger charge is 2.39. The van der Waals surface area contributed by atoms with Crippen LogP contribution < -0.4 is 10.6 Å². The van der Waals surface area contributed by atoms with Crippen molar-refractivity contribution in [1.82, 2.24) is 10.6 Å². The Morgan fingerprint density at radius 1 is 1.03 bits per heavy atom. The van der Waals surface area contributed by atoms with Gasteiger partial charge < -0.3 is 20.5 Å². The van der Waals surface area contributed by atoms with Gasteiger partial charge in [0.25, 0.3) is 0 Å². The van der Waals surface area contributed by atoms with E-state index >= 15 is 0 Å². The van der Waals surface area contributed by atoms with Gasteiger partial charge in [0.2, 0.25) is 5.91 Å². The maximum absolute atomic E-state index is 13.0. The van der Waals surface area contributed by atoms with Gasteiger partial charge in [-0.15, -0.1) is 0 Å². The summed E-state index contributed by atoms with van der Waals surface area (Å²) < 4.78 is 5.60. The molecule has 0 aliphatic heterocycles. The number of alkyl carbamates (subject to hydrolysis) is 1. The van der Waals surface area contributed by atoms with E-state index in [1.54, 1.807) is 0 Å². The lowest BCUT2D eigenvalue weighted by atomic mass is 9.92. The number of carbonyl (C=O) groups is 3. The molecule has 2 aliphatic rings. The van der Waals surface area contributed by atoms with Crippen molar-refractivity contribution in [3.8, 4) is 11.1 Å². The van der Waals surface area contributed by atoms with Crippen LogP contribution in [0.4, 0.5) is 4.79 Å². The van der Waals surface area contributed by atoms with Crippen molar-refractivity contribution in [1.29, 1.82) is 0 Å².